The van der Waals surface area contributed by atoms with Gasteiger partial charge >= 0.3 is 0 Å². The lowest BCUT2D eigenvalue weighted by molar-refractivity contribution is 0.271. The van der Waals surface area contributed by atoms with E-state index in [0.29, 0.717) is 0 Å². The van der Waals surface area contributed by atoms with Gasteiger partial charge in [0, 0.05) is 50.3 Å². The molecule has 1 aliphatic heterocycles. The van der Waals surface area contributed by atoms with Crippen molar-refractivity contribution in [3.8, 4) is 27.9 Å². The Kier molecular flexibility index (Phi) is 7.51. The van der Waals surface area contributed by atoms with Crippen molar-refractivity contribution in [2.45, 2.75) is 6.29 Å². The average molecular weight is 795 g/mol. The van der Waals surface area contributed by atoms with Crippen molar-refractivity contribution in [1.29, 1.82) is 0 Å². The molecule has 292 valence electrons. The van der Waals surface area contributed by atoms with Gasteiger partial charge in [-0.3, -0.25) is 4.57 Å². The van der Waals surface area contributed by atoms with Crippen LogP contribution < -0.4 is 10.6 Å². The quantitative estimate of drug-likeness (QED) is 0.174. The summed E-state index contributed by atoms with van der Waals surface area (Å²) >= 11 is 0. The SMILES string of the molecule is CN1C(c2ccccc2)=c2ccccc2=NC1n1c2ccccc2c2c(-c3ccc(-c4ccc5c6ccccc6n(-c6ccccc6)c5c4)cc3)cc3c4ccccc4oc3c21. The Bertz CT molecular complexity index is 3880. The van der Waals surface area contributed by atoms with Gasteiger partial charge in [-0.1, -0.05) is 158 Å². The molecular weight excluding hydrogens is 757 g/mol. The molecule has 62 heavy (non-hydrogen) atoms. The van der Waals surface area contributed by atoms with E-state index in [1.807, 2.05) is 0 Å². The number of hydrogen-bond acceptors (Lipinski definition) is 3. The molecule has 5 nitrogen and oxygen atoms in total. The lowest BCUT2D eigenvalue weighted by Gasteiger charge is -2.34. The molecule has 0 bridgehead atoms. The van der Waals surface area contributed by atoms with Gasteiger partial charge in [-0.05, 0) is 76.3 Å². The van der Waals surface area contributed by atoms with Crippen LogP contribution in [0.25, 0.3) is 99.2 Å². The maximum Gasteiger partial charge on any atom is 0.203 e. The van der Waals surface area contributed by atoms with E-state index in [4.69, 9.17) is 9.41 Å². The molecule has 3 aromatic heterocycles. The summed E-state index contributed by atoms with van der Waals surface area (Å²) in [6.45, 7) is 0. The maximum atomic E-state index is 6.92. The van der Waals surface area contributed by atoms with E-state index >= 15 is 0 Å². The van der Waals surface area contributed by atoms with Crippen LogP contribution in [-0.4, -0.2) is 21.1 Å². The highest BCUT2D eigenvalue weighted by Crippen LogP contribution is 2.47. The minimum atomic E-state index is -0.391. The second-order valence-corrected chi connectivity index (χ2v) is 16.3. The normalized spacial score (nSPS) is 14.1. The Morgan fingerprint density at radius 3 is 1.92 bits per heavy atom. The number of aromatic nitrogens is 2. The van der Waals surface area contributed by atoms with Crippen molar-refractivity contribution in [3.05, 3.63) is 222 Å². The fourth-order valence-electron chi connectivity index (χ4n) is 10.2. The number of benzene rings is 9. The summed E-state index contributed by atoms with van der Waals surface area (Å²) in [5.41, 5.74) is 14.4. The summed E-state index contributed by atoms with van der Waals surface area (Å²) in [5.74, 6) is 0. The zero-order valence-corrected chi connectivity index (χ0v) is 33.9. The predicted octanol–water partition coefficient (Wildman–Crippen LogP) is 13.0. The van der Waals surface area contributed by atoms with E-state index in [1.54, 1.807) is 0 Å². The van der Waals surface area contributed by atoms with Crippen LogP contribution in [-0.2, 0) is 0 Å². The van der Waals surface area contributed by atoms with Crippen molar-refractivity contribution in [2.75, 3.05) is 7.05 Å². The maximum absolute atomic E-state index is 6.92. The predicted molar refractivity (Wildman–Crippen MR) is 255 cm³/mol. The summed E-state index contributed by atoms with van der Waals surface area (Å²) in [6.07, 6.45) is -0.391. The topological polar surface area (TPSA) is 38.6 Å². The molecule has 1 atom stereocenters. The van der Waals surface area contributed by atoms with Gasteiger partial charge in [0.2, 0.25) is 6.29 Å². The molecule has 4 heterocycles. The Labute approximate surface area is 356 Å². The Balaban J connectivity index is 1.03. The number of rotatable bonds is 5. The fraction of sp³-hybridized carbons (Fsp3) is 0.0351. The Morgan fingerprint density at radius 1 is 0.468 bits per heavy atom. The van der Waals surface area contributed by atoms with Gasteiger partial charge in [-0.15, -0.1) is 0 Å². The first-order valence-corrected chi connectivity index (χ1v) is 21.2. The lowest BCUT2D eigenvalue weighted by Crippen LogP contribution is -2.42. The third-order valence-corrected chi connectivity index (χ3v) is 12.9. The monoisotopic (exact) mass is 794 g/mol. The van der Waals surface area contributed by atoms with Gasteiger partial charge in [0.25, 0.3) is 0 Å². The molecule has 0 saturated carbocycles. The Hall–Kier alpha value is -8.15. The summed E-state index contributed by atoms with van der Waals surface area (Å²) < 4.78 is 11.7. The van der Waals surface area contributed by atoms with Crippen LogP contribution in [0.5, 0.6) is 0 Å². The second kappa shape index (κ2) is 13.4. The van der Waals surface area contributed by atoms with Crippen molar-refractivity contribution >= 4 is 71.2 Å². The first-order valence-electron chi connectivity index (χ1n) is 21.2. The first kappa shape index (κ1) is 34.7. The van der Waals surface area contributed by atoms with Crippen molar-refractivity contribution in [2.24, 2.45) is 4.99 Å². The summed E-state index contributed by atoms with van der Waals surface area (Å²) in [4.78, 5) is 7.87. The molecule has 9 aromatic carbocycles. The van der Waals surface area contributed by atoms with Crippen LogP contribution in [0.1, 0.15) is 11.9 Å². The van der Waals surface area contributed by atoms with Crippen LogP contribution >= 0.6 is 0 Å². The van der Waals surface area contributed by atoms with Crippen molar-refractivity contribution in [1.82, 2.24) is 14.0 Å². The van der Waals surface area contributed by atoms with E-state index in [-0.39, 0.29) is 0 Å². The molecule has 13 rings (SSSR count). The zero-order valence-electron chi connectivity index (χ0n) is 33.9. The van der Waals surface area contributed by atoms with Gasteiger partial charge in [-0.25, -0.2) is 4.99 Å². The van der Waals surface area contributed by atoms with Crippen LogP contribution in [0, 0.1) is 0 Å². The first-order chi connectivity index (χ1) is 30.7. The van der Waals surface area contributed by atoms with Gasteiger partial charge in [0.1, 0.15) is 5.58 Å². The molecule has 1 aliphatic rings. The molecule has 0 N–H and O–H groups in total. The zero-order chi connectivity index (χ0) is 40.9. The fourth-order valence-corrected chi connectivity index (χ4v) is 10.2. The van der Waals surface area contributed by atoms with E-state index in [1.165, 1.54) is 32.9 Å². The number of furan rings is 1. The molecule has 12 aromatic rings. The Morgan fingerprint density at radius 2 is 1.10 bits per heavy atom. The van der Waals surface area contributed by atoms with E-state index in [2.05, 4.69) is 227 Å². The van der Waals surface area contributed by atoms with Crippen LogP contribution in [0.3, 0.4) is 0 Å². The summed E-state index contributed by atoms with van der Waals surface area (Å²) in [5, 5.41) is 9.08. The summed E-state index contributed by atoms with van der Waals surface area (Å²) in [7, 11) is 2.17. The van der Waals surface area contributed by atoms with Crippen LogP contribution in [0.4, 0.5) is 0 Å². The highest BCUT2D eigenvalue weighted by Gasteiger charge is 2.30. The number of para-hydroxylation sites is 5. The highest BCUT2D eigenvalue weighted by molar-refractivity contribution is 6.26. The standard InChI is InChI=1S/C57H38N4O/c1-59-54(38-16-4-2-5-17-38)44-22-8-12-24-48(44)58-57(59)61-50-26-14-10-23-45(50)53-46(35-47-43-21-11-15-27-52(43)62-56(47)55(53)61)37-30-28-36(29-31-37)39-32-33-42-41-20-9-13-25-49(41)60(51(42)34-39)40-18-6-3-7-19-40/h2-35,57H,1H3. The summed E-state index contributed by atoms with van der Waals surface area (Å²) in [6, 6.07) is 74.0. The molecule has 0 spiro atoms. The van der Waals surface area contributed by atoms with Crippen LogP contribution in [0.15, 0.2) is 216 Å². The second-order valence-electron chi connectivity index (χ2n) is 16.3. The third-order valence-electron chi connectivity index (χ3n) is 12.9. The number of nitrogens with zero attached hydrogens (tertiary/aromatic N) is 4. The van der Waals surface area contributed by atoms with Gasteiger partial charge in [0.05, 0.1) is 33.1 Å². The van der Waals surface area contributed by atoms with E-state index < -0.39 is 6.29 Å². The molecule has 0 saturated heterocycles. The average Bonchev–Trinajstić information content (AvgIpc) is 3.99. The lowest BCUT2D eigenvalue weighted by atomic mass is 9.95. The minimum absolute atomic E-state index is 0.391. The molecule has 5 heteroatoms. The number of hydrogen-bond donors (Lipinski definition) is 0. The smallest absolute Gasteiger partial charge is 0.203 e. The minimum Gasteiger partial charge on any atom is -0.454 e. The van der Waals surface area contributed by atoms with Gasteiger partial charge in [-0.2, -0.15) is 0 Å². The molecule has 0 fully saturated rings. The molecule has 0 amide bonds. The largest absolute Gasteiger partial charge is 0.454 e. The third kappa shape index (κ3) is 5.06. The van der Waals surface area contributed by atoms with Gasteiger partial charge in [0.15, 0.2) is 5.58 Å². The van der Waals surface area contributed by atoms with Crippen molar-refractivity contribution in [3.63, 3.8) is 0 Å². The molecule has 0 aliphatic carbocycles. The molecular formula is C57H38N4O. The van der Waals surface area contributed by atoms with E-state index in [9.17, 15) is 0 Å². The van der Waals surface area contributed by atoms with Gasteiger partial charge < -0.3 is 13.9 Å². The number of fused-ring (bicyclic) bond motifs is 11. The van der Waals surface area contributed by atoms with Crippen molar-refractivity contribution < 1.29 is 4.42 Å². The van der Waals surface area contributed by atoms with Crippen LogP contribution in [0.2, 0.25) is 0 Å². The molecule has 1 unspecified atom stereocenters. The molecule has 0 radical (unpaired) electrons. The van der Waals surface area contributed by atoms with E-state index in [0.717, 1.165) is 82.4 Å². The highest BCUT2D eigenvalue weighted by atomic mass is 16.3.